The molecule has 2 atom stereocenters. The Hall–Kier alpha value is -1.33. The third kappa shape index (κ3) is 4.08. The molecule has 0 spiro atoms. The Balaban J connectivity index is 2.12. The van der Waals surface area contributed by atoms with E-state index in [1.54, 1.807) is 0 Å². The molecule has 1 amide bonds. The first-order valence-corrected chi connectivity index (χ1v) is 7.59. The van der Waals surface area contributed by atoms with Gasteiger partial charge in [-0.2, -0.15) is 0 Å². The van der Waals surface area contributed by atoms with Gasteiger partial charge in [0.05, 0.1) is 16.5 Å². The molecule has 1 aliphatic carbocycles. The van der Waals surface area contributed by atoms with Crippen molar-refractivity contribution < 1.29 is 14.7 Å². The van der Waals surface area contributed by atoms with Gasteiger partial charge in [0.15, 0.2) is 0 Å². The maximum Gasteiger partial charge on any atom is 0.308 e. The van der Waals surface area contributed by atoms with Crippen molar-refractivity contribution in [1.29, 1.82) is 0 Å². The number of hydrogen-bond donors (Lipinski definition) is 2. The van der Waals surface area contributed by atoms with E-state index in [0.717, 1.165) is 19.3 Å². The lowest BCUT2D eigenvalue weighted by Gasteiger charge is -2.22. The van der Waals surface area contributed by atoms with Crippen molar-refractivity contribution in [2.24, 2.45) is 5.92 Å². The second-order valence-corrected chi connectivity index (χ2v) is 5.92. The number of halogens is 2. The summed E-state index contributed by atoms with van der Waals surface area (Å²) < 4.78 is 0. The van der Waals surface area contributed by atoms with Gasteiger partial charge in [-0.05, 0) is 18.9 Å². The highest BCUT2D eigenvalue weighted by Gasteiger charge is 2.30. The third-order valence-electron chi connectivity index (χ3n) is 3.71. The summed E-state index contributed by atoms with van der Waals surface area (Å²) in [5, 5.41) is 12.4. The Morgan fingerprint density at radius 2 is 1.95 bits per heavy atom. The number of aliphatic carboxylic acids is 1. The van der Waals surface area contributed by atoms with Gasteiger partial charge in [-0.3, -0.25) is 9.59 Å². The van der Waals surface area contributed by atoms with Crippen molar-refractivity contribution in [2.45, 2.75) is 38.1 Å². The Morgan fingerprint density at radius 3 is 2.62 bits per heavy atom. The zero-order chi connectivity index (χ0) is 15.4. The van der Waals surface area contributed by atoms with E-state index in [-0.39, 0.29) is 27.7 Å². The quantitative estimate of drug-likeness (QED) is 0.659. The van der Waals surface area contributed by atoms with Crippen LogP contribution in [0.1, 0.15) is 42.5 Å². The zero-order valence-electron chi connectivity index (χ0n) is 11.3. The van der Waals surface area contributed by atoms with Gasteiger partial charge in [0.2, 0.25) is 0 Å². The molecule has 7 heteroatoms. The molecule has 0 aromatic carbocycles. The first kappa shape index (κ1) is 16.0. The number of aromatic nitrogens is 1. The molecule has 1 aromatic rings. The van der Waals surface area contributed by atoms with Crippen LogP contribution in [0.2, 0.25) is 10.2 Å². The molecule has 21 heavy (non-hydrogen) atoms. The standard InChI is InChI=1S/C14H16Cl2N2O3/c15-10-6-8(7-17-12(10)16)13(19)18-11-5-3-1-2-4-9(11)14(20)21/h6-7,9,11H,1-5H2,(H,18,19)(H,20,21). The van der Waals surface area contributed by atoms with Crippen LogP contribution in [0, 0.1) is 5.92 Å². The van der Waals surface area contributed by atoms with Crippen LogP contribution in [0.25, 0.3) is 0 Å². The molecule has 2 unspecified atom stereocenters. The molecule has 0 aliphatic heterocycles. The number of hydrogen-bond acceptors (Lipinski definition) is 3. The Bertz CT molecular complexity index is 551. The fourth-order valence-corrected chi connectivity index (χ4v) is 2.84. The maximum absolute atomic E-state index is 12.2. The van der Waals surface area contributed by atoms with Crippen molar-refractivity contribution in [3.8, 4) is 0 Å². The molecule has 0 bridgehead atoms. The van der Waals surface area contributed by atoms with Gasteiger partial charge >= 0.3 is 5.97 Å². The number of nitrogens with one attached hydrogen (secondary N) is 1. The summed E-state index contributed by atoms with van der Waals surface area (Å²) in [6, 6.07) is 1.06. The van der Waals surface area contributed by atoms with E-state index in [1.165, 1.54) is 12.3 Å². The molecule has 5 nitrogen and oxygen atoms in total. The highest BCUT2D eigenvalue weighted by molar-refractivity contribution is 6.41. The van der Waals surface area contributed by atoms with E-state index in [0.29, 0.717) is 12.8 Å². The average Bonchev–Trinajstić information content (AvgIpc) is 2.67. The van der Waals surface area contributed by atoms with Gasteiger partial charge in [-0.15, -0.1) is 0 Å². The molecule has 1 aliphatic rings. The topological polar surface area (TPSA) is 79.3 Å². The summed E-state index contributed by atoms with van der Waals surface area (Å²) in [5.41, 5.74) is 0.276. The lowest BCUT2D eigenvalue weighted by atomic mass is 9.94. The summed E-state index contributed by atoms with van der Waals surface area (Å²) >= 11 is 11.5. The number of amides is 1. The number of carboxylic acid groups (broad SMARTS) is 1. The summed E-state index contributed by atoms with van der Waals surface area (Å²) in [6.45, 7) is 0. The predicted octanol–water partition coefficient (Wildman–Crippen LogP) is 3.15. The van der Waals surface area contributed by atoms with E-state index >= 15 is 0 Å². The van der Waals surface area contributed by atoms with Crippen molar-refractivity contribution >= 4 is 35.1 Å². The lowest BCUT2D eigenvalue weighted by molar-refractivity contribution is -0.142. The van der Waals surface area contributed by atoms with E-state index in [2.05, 4.69) is 10.3 Å². The van der Waals surface area contributed by atoms with E-state index < -0.39 is 11.9 Å². The number of carboxylic acids is 1. The van der Waals surface area contributed by atoms with E-state index in [1.807, 2.05) is 0 Å². The normalized spacial score (nSPS) is 22.4. The molecule has 2 N–H and O–H groups in total. The van der Waals surface area contributed by atoms with Gasteiger partial charge in [0, 0.05) is 12.2 Å². The minimum atomic E-state index is -0.866. The summed E-state index contributed by atoms with van der Waals surface area (Å²) in [7, 11) is 0. The van der Waals surface area contributed by atoms with E-state index in [4.69, 9.17) is 23.2 Å². The Morgan fingerprint density at radius 1 is 1.24 bits per heavy atom. The molecule has 0 saturated heterocycles. The van der Waals surface area contributed by atoms with Crippen LogP contribution < -0.4 is 5.32 Å². The van der Waals surface area contributed by atoms with Crippen LogP contribution in [-0.2, 0) is 4.79 Å². The molecular weight excluding hydrogens is 315 g/mol. The number of carbonyl (C=O) groups excluding carboxylic acids is 1. The highest BCUT2D eigenvalue weighted by Crippen LogP contribution is 2.25. The first-order valence-electron chi connectivity index (χ1n) is 6.83. The Labute approximate surface area is 132 Å². The van der Waals surface area contributed by atoms with Crippen LogP contribution in [-0.4, -0.2) is 28.0 Å². The minimum Gasteiger partial charge on any atom is -0.481 e. The van der Waals surface area contributed by atoms with Gasteiger partial charge in [0.25, 0.3) is 5.91 Å². The second kappa shape index (κ2) is 7.09. The van der Waals surface area contributed by atoms with Crippen molar-refractivity contribution in [3.63, 3.8) is 0 Å². The van der Waals surface area contributed by atoms with E-state index in [9.17, 15) is 14.7 Å². The van der Waals surface area contributed by atoms with Gasteiger partial charge in [-0.1, -0.05) is 42.5 Å². The van der Waals surface area contributed by atoms with Gasteiger partial charge in [-0.25, -0.2) is 4.98 Å². The van der Waals surface area contributed by atoms with Crippen LogP contribution in [0.15, 0.2) is 12.3 Å². The SMILES string of the molecule is O=C(NC1CCCCCC1C(=O)O)c1cnc(Cl)c(Cl)c1. The fourth-order valence-electron chi connectivity index (χ4n) is 2.57. The molecular formula is C14H16Cl2N2O3. The molecule has 1 fully saturated rings. The molecule has 1 heterocycles. The van der Waals surface area contributed by atoms with Crippen LogP contribution in [0.4, 0.5) is 0 Å². The molecule has 2 rings (SSSR count). The summed E-state index contributed by atoms with van der Waals surface area (Å²) in [4.78, 5) is 27.4. The molecule has 1 saturated carbocycles. The first-order chi connectivity index (χ1) is 9.99. The average molecular weight is 331 g/mol. The van der Waals surface area contributed by atoms with Gasteiger partial charge in [0.1, 0.15) is 5.15 Å². The number of nitrogens with zero attached hydrogens (tertiary/aromatic N) is 1. The minimum absolute atomic E-state index is 0.131. The highest BCUT2D eigenvalue weighted by atomic mass is 35.5. The monoisotopic (exact) mass is 330 g/mol. The van der Waals surface area contributed by atoms with Gasteiger partial charge < -0.3 is 10.4 Å². The second-order valence-electron chi connectivity index (χ2n) is 5.16. The predicted molar refractivity (Wildman–Crippen MR) is 79.7 cm³/mol. The van der Waals surface area contributed by atoms with Crippen LogP contribution >= 0.6 is 23.2 Å². The smallest absolute Gasteiger partial charge is 0.308 e. The molecule has 0 radical (unpaired) electrons. The molecule has 1 aromatic heterocycles. The summed E-state index contributed by atoms with van der Waals surface area (Å²) in [5.74, 6) is -1.79. The number of rotatable bonds is 3. The maximum atomic E-state index is 12.2. The lowest BCUT2D eigenvalue weighted by Crippen LogP contribution is -2.42. The third-order valence-corrected chi connectivity index (χ3v) is 4.39. The zero-order valence-corrected chi connectivity index (χ0v) is 12.8. The molecule has 114 valence electrons. The largest absolute Gasteiger partial charge is 0.481 e. The number of pyridine rings is 1. The van der Waals surface area contributed by atoms with Crippen LogP contribution in [0.3, 0.4) is 0 Å². The number of carbonyl (C=O) groups is 2. The van der Waals surface area contributed by atoms with Crippen molar-refractivity contribution in [3.05, 3.63) is 28.0 Å². The van der Waals surface area contributed by atoms with Crippen molar-refractivity contribution in [1.82, 2.24) is 10.3 Å². The van der Waals surface area contributed by atoms with Crippen LogP contribution in [0.5, 0.6) is 0 Å². The Kier molecular flexibility index (Phi) is 5.42. The van der Waals surface area contributed by atoms with Crippen molar-refractivity contribution in [2.75, 3.05) is 0 Å². The summed E-state index contributed by atoms with van der Waals surface area (Å²) in [6.07, 6.45) is 5.35. The fraction of sp³-hybridized carbons (Fsp3) is 0.500.